The van der Waals surface area contributed by atoms with Crippen molar-refractivity contribution < 1.29 is 18.3 Å². The monoisotopic (exact) mass is 429 g/mol. The highest BCUT2D eigenvalue weighted by Gasteiger charge is 2.15. The van der Waals surface area contributed by atoms with Crippen LogP contribution >= 0.6 is 11.3 Å². The fourth-order valence-corrected chi connectivity index (χ4v) is 4.14. The van der Waals surface area contributed by atoms with E-state index < -0.39 is 11.6 Å². The van der Waals surface area contributed by atoms with Crippen molar-refractivity contribution in [3.8, 4) is 11.3 Å². The third-order valence-corrected chi connectivity index (χ3v) is 5.82. The number of anilines is 1. The van der Waals surface area contributed by atoms with Crippen molar-refractivity contribution in [2.24, 2.45) is 0 Å². The molecule has 0 radical (unpaired) electrons. The molecular formula is C22H21F2N3O2S. The third kappa shape index (κ3) is 4.72. The molecule has 30 heavy (non-hydrogen) atoms. The lowest BCUT2D eigenvalue weighted by atomic mass is 10.1. The van der Waals surface area contributed by atoms with E-state index in [9.17, 15) is 13.6 Å². The first-order valence-corrected chi connectivity index (χ1v) is 10.4. The molecule has 2 heterocycles. The van der Waals surface area contributed by atoms with Gasteiger partial charge in [-0.2, -0.15) is 0 Å². The maximum atomic E-state index is 13.5. The van der Waals surface area contributed by atoms with Crippen LogP contribution < -0.4 is 5.32 Å². The summed E-state index contributed by atoms with van der Waals surface area (Å²) in [5.41, 5.74) is 2.66. The standard InChI is InChI=1S/C22H21F2N3O2S/c1-14-20(17-6-7-18(23)19(24)12-17)25-22(30-14)26-21(28)16-4-2-15(3-5-16)13-27-8-10-29-11-9-27/h2-7,12H,8-11,13H2,1H3,(H,25,26,28). The van der Waals surface area contributed by atoms with Crippen LogP contribution in [0.15, 0.2) is 42.5 Å². The number of benzene rings is 2. The SMILES string of the molecule is Cc1sc(NC(=O)c2ccc(CN3CCOCC3)cc2)nc1-c1ccc(F)c(F)c1. The Labute approximate surface area is 177 Å². The van der Waals surface area contributed by atoms with E-state index in [1.165, 1.54) is 17.4 Å². The summed E-state index contributed by atoms with van der Waals surface area (Å²) in [6, 6.07) is 11.1. The average molecular weight is 429 g/mol. The Bertz CT molecular complexity index is 1050. The molecule has 0 atom stereocenters. The number of aromatic nitrogens is 1. The minimum atomic E-state index is -0.928. The Hall–Kier alpha value is -2.68. The zero-order valence-corrected chi connectivity index (χ0v) is 17.3. The summed E-state index contributed by atoms with van der Waals surface area (Å²) in [6.07, 6.45) is 0. The molecule has 5 nitrogen and oxygen atoms in total. The van der Waals surface area contributed by atoms with Gasteiger partial charge in [-0.3, -0.25) is 15.0 Å². The fraction of sp³-hybridized carbons (Fsp3) is 0.273. The number of thiazole rings is 1. The normalized spacial score (nSPS) is 14.6. The van der Waals surface area contributed by atoms with Crippen LogP contribution in [-0.2, 0) is 11.3 Å². The van der Waals surface area contributed by atoms with Gasteiger partial charge in [-0.25, -0.2) is 13.8 Å². The van der Waals surface area contributed by atoms with Gasteiger partial charge in [0.25, 0.3) is 5.91 Å². The number of morpholine rings is 1. The van der Waals surface area contributed by atoms with Crippen LogP contribution in [0.5, 0.6) is 0 Å². The van der Waals surface area contributed by atoms with Crippen LogP contribution in [0.25, 0.3) is 11.3 Å². The van der Waals surface area contributed by atoms with Gasteiger partial charge in [0.2, 0.25) is 0 Å². The summed E-state index contributed by atoms with van der Waals surface area (Å²) in [6.45, 7) is 5.97. The highest BCUT2D eigenvalue weighted by molar-refractivity contribution is 7.16. The third-order valence-electron chi connectivity index (χ3n) is 4.94. The van der Waals surface area contributed by atoms with E-state index in [1.807, 2.05) is 19.1 Å². The number of carbonyl (C=O) groups is 1. The molecule has 0 saturated carbocycles. The minimum Gasteiger partial charge on any atom is -0.379 e. The number of nitrogens with zero attached hydrogens (tertiary/aromatic N) is 2. The van der Waals surface area contributed by atoms with Crippen LogP contribution in [0.3, 0.4) is 0 Å². The van der Waals surface area contributed by atoms with E-state index in [4.69, 9.17) is 4.74 Å². The number of rotatable bonds is 5. The number of carbonyl (C=O) groups excluding carboxylic acids is 1. The molecule has 1 aromatic heterocycles. The Morgan fingerprint density at radius 2 is 1.87 bits per heavy atom. The first-order valence-electron chi connectivity index (χ1n) is 9.63. The van der Waals surface area contributed by atoms with Crippen LogP contribution in [0.2, 0.25) is 0 Å². The average Bonchev–Trinajstić information content (AvgIpc) is 3.11. The maximum absolute atomic E-state index is 13.5. The van der Waals surface area contributed by atoms with Crippen molar-refractivity contribution in [3.63, 3.8) is 0 Å². The molecule has 3 aromatic rings. The van der Waals surface area contributed by atoms with E-state index in [0.29, 0.717) is 22.0 Å². The number of amides is 1. The number of nitrogens with one attached hydrogen (secondary N) is 1. The second kappa shape index (κ2) is 8.99. The van der Waals surface area contributed by atoms with E-state index in [0.717, 1.165) is 55.4 Å². The Balaban J connectivity index is 1.43. The van der Waals surface area contributed by atoms with Gasteiger partial charge in [0.05, 0.1) is 18.9 Å². The van der Waals surface area contributed by atoms with Gasteiger partial charge in [-0.15, -0.1) is 11.3 Å². The highest BCUT2D eigenvalue weighted by Crippen LogP contribution is 2.31. The lowest BCUT2D eigenvalue weighted by molar-refractivity contribution is 0.0342. The molecule has 1 amide bonds. The lowest BCUT2D eigenvalue weighted by Crippen LogP contribution is -2.35. The number of hydrogen-bond donors (Lipinski definition) is 1. The molecule has 1 aliphatic heterocycles. The minimum absolute atomic E-state index is 0.265. The zero-order chi connectivity index (χ0) is 21.1. The smallest absolute Gasteiger partial charge is 0.257 e. The second-order valence-corrected chi connectivity index (χ2v) is 8.30. The van der Waals surface area contributed by atoms with Crippen LogP contribution in [0, 0.1) is 18.6 Å². The molecule has 0 aliphatic carbocycles. The lowest BCUT2D eigenvalue weighted by Gasteiger charge is -2.26. The molecular weight excluding hydrogens is 408 g/mol. The molecule has 1 N–H and O–H groups in total. The quantitative estimate of drug-likeness (QED) is 0.650. The van der Waals surface area contributed by atoms with E-state index in [1.54, 1.807) is 12.1 Å². The first kappa shape index (κ1) is 20.6. The maximum Gasteiger partial charge on any atom is 0.257 e. The van der Waals surface area contributed by atoms with Crippen molar-refractivity contribution in [3.05, 3.63) is 70.1 Å². The Morgan fingerprint density at radius 3 is 2.57 bits per heavy atom. The molecule has 0 spiro atoms. The summed E-state index contributed by atoms with van der Waals surface area (Å²) >= 11 is 1.29. The predicted molar refractivity (Wildman–Crippen MR) is 113 cm³/mol. The fourth-order valence-electron chi connectivity index (χ4n) is 3.31. The van der Waals surface area contributed by atoms with Gasteiger partial charge in [0, 0.05) is 35.6 Å². The van der Waals surface area contributed by atoms with Crippen LogP contribution in [0.4, 0.5) is 13.9 Å². The van der Waals surface area contributed by atoms with Gasteiger partial charge in [-0.05, 0) is 42.8 Å². The summed E-state index contributed by atoms with van der Waals surface area (Å²) in [5, 5.41) is 3.20. The molecule has 1 aliphatic rings. The molecule has 1 saturated heterocycles. The van der Waals surface area contributed by atoms with Crippen LogP contribution in [-0.4, -0.2) is 42.1 Å². The van der Waals surface area contributed by atoms with Gasteiger partial charge in [-0.1, -0.05) is 12.1 Å². The topological polar surface area (TPSA) is 54.5 Å². The van der Waals surface area contributed by atoms with Crippen molar-refractivity contribution in [2.75, 3.05) is 31.6 Å². The van der Waals surface area contributed by atoms with Gasteiger partial charge in [0.1, 0.15) is 0 Å². The second-order valence-electron chi connectivity index (χ2n) is 7.09. The van der Waals surface area contributed by atoms with E-state index in [2.05, 4.69) is 15.2 Å². The molecule has 156 valence electrons. The van der Waals surface area contributed by atoms with E-state index in [-0.39, 0.29) is 5.91 Å². The van der Waals surface area contributed by atoms with Gasteiger partial charge >= 0.3 is 0 Å². The van der Waals surface area contributed by atoms with Crippen LogP contribution in [0.1, 0.15) is 20.8 Å². The summed E-state index contributed by atoms with van der Waals surface area (Å²) in [7, 11) is 0. The van der Waals surface area contributed by atoms with Gasteiger partial charge in [0.15, 0.2) is 16.8 Å². The summed E-state index contributed by atoms with van der Waals surface area (Å²) < 4.78 is 32.1. The molecule has 8 heteroatoms. The number of aryl methyl sites for hydroxylation is 1. The Morgan fingerprint density at radius 1 is 1.13 bits per heavy atom. The highest BCUT2D eigenvalue weighted by atomic mass is 32.1. The largest absolute Gasteiger partial charge is 0.379 e. The van der Waals surface area contributed by atoms with Crippen molar-refractivity contribution in [1.82, 2.24) is 9.88 Å². The molecule has 2 aromatic carbocycles. The number of halogens is 2. The van der Waals surface area contributed by atoms with E-state index >= 15 is 0 Å². The van der Waals surface area contributed by atoms with Crippen molar-refractivity contribution in [1.29, 1.82) is 0 Å². The van der Waals surface area contributed by atoms with Gasteiger partial charge < -0.3 is 4.74 Å². The predicted octanol–water partition coefficient (Wildman–Crippen LogP) is 4.48. The molecule has 1 fully saturated rings. The molecule has 0 unspecified atom stereocenters. The first-order chi connectivity index (χ1) is 14.5. The Kier molecular flexibility index (Phi) is 6.17. The summed E-state index contributed by atoms with van der Waals surface area (Å²) in [4.78, 5) is 20.1. The number of hydrogen-bond acceptors (Lipinski definition) is 5. The molecule has 0 bridgehead atoms. The summed E-state index contributed by atoms with van der Waals surface area (Å²) in [5.74, 6) is -2.10. The van der Waals surface area contributed by atoms with Crippen molar-refractivity contribution >= 4 is 22.4 Å². The zero-order valence-electron chi connectivity index (χ0n) is 16.5. The molecule has 4 rings (SSSR count). The number of ether oxygens (including phenoxy) is 1. The van der Waals surface area contributed by atoms with Crippen molar-refractivity contribution in [2.45, 2.75) is 13.5 Å².